The number of amides is 3. The Bertz CT molecular complexity index is 858. The normalized spacial score (nSPS) is 17.4. The number of nitrogens with one attached hydrogen (secondary N) is 2. The van der Waals surface area contributed by atoms with Crippen LogP contribution in [-0.2, 0) is 17.6 Å². The van der Waals surface area contributed by atoms with E-state index in [9.17, 15) is 14.7 Å². The summed E-state index contributed by atoms with van der Waals surface area (Å²) in [4.78, 5) is 25.8. The summed E-state index contributed by atoms with van der Waals surface area (Å²) < 4.78 is 4.95. The van der Waals surface area contributed by atoms with Crippen LogP contribution < -0.4 is 15.5 Å². The van der Waals surface area contributed by atoms with Crippen LogP contribution in [-0.4, -0.2) is 42.5 Å². The van der Waals surface area contributed by atoms with E-state index in [2.05, 4.69) is 10.6 Å². The van der Waals surface area contributed by atoms with Gasteiger partial charge < -0.3 is 20.5 Å². The Morgan fingerprint density at radius 1 is 1.15 bits per heavy atom. The summed E-state index contributed by atoms with van der Waals surface area (Å²) in [6.07, 6.45) is 0.791. The Morgan fingerprint density at radius 2 is 1.89 bits per heavy atom. The van der Waals surface area contributed by atoms with Crippen LogP contribution in [0.25, 0.3) is 0 Å². The Morgan fingerprint density at radius 3 is 2.52 bits per heavy atom. The van der Waals surface area contributed by atoms with E-state index in [4.69, 9.17) is 4.74 Å². The predicted molar refractivity (Wildman–Crippen MR) is 101 cm³/mol. The average Bonchev–Trinajstić information content (AvgIpc) is 3.25. The zero-order valence-electron chi connectivity index (χ0n) is 14.8. The summed E-state index contributed by atoms with van der Waals surface area (Å²) in [5.74, 6) is 0. The van der Waals surface area contributed by atoms with E-state index in [0.717, 1.165) is 11.1 Å². The number of benzene rings is 2. The Balaban J connectivity index is 1.44. The summed E-state index contributed by atoms with van der Waals surface area (Å²) in [7, 11) is 0. The molecule has 1 aliphatic carbocycles. The first kappa shape index (κ1) is 17.4. The number of fused-ring (bicyclic) bond motifs is 1. The third-order valence-corrected chi connectivity index (χ3v) is 5.03. The minimum Gasteiger partial charge on any atom is -0.447 e. The van der Waals surface area contributed by atoms with Crippen LogP contribution in [0.4, 0.5) is 21.0 Å². The molecule has 140 valence electrons. The molecule has 27 heavy (non-hydrogen) atoms. The lowest BCUT2D eigenvalue weighted by atomic mass is 9.97. The summed E-state index contributed by atoms with van der Waals surface area (Å²) in [6, 6.07) is 14.6. The van der Waals surface area contributed by atoms with Crippen LogP contribution in [0.5, 0.6) is 0 Å². The molecule has 0 saturated carbocycles. The maximum atomic E-state index is 12.5. The van der Waals surface area contributed by atoms with Gasteiger partial charge in [-0.2, -0.15) is 0 Å². The van der Waals surface area contributed by atoms with Crippen LogP contribution >= 0.6 is 0 Å². The van der Waals surface area contributed by atoms with E-state index in [-0.39, 0.29) is 12.7 Å². The number of nitrogens with zero attached hydrogens (tertiary/aromatic N) is 1. The van der Waals surface area contributed by atoms with Gasteiger partial charge in [-0.1, -0.05) is 30.3 Å². The second-order valence-corrected chi connectivity index (χ2v) is 6.96. The molecule has 2 aliphatic rings. The molecule has 7 nitrogen and oxygen atoms in total. The van der Waals surface area contributed by atoms with E-state index >= 15 is 0 Å². The molecule has 1 saturated heterocycles. The van der Waals surface area contributed by atoms with Crippen LogP contribution in [0.2, 0.25) is 0 Å². The molecule has 3 N–H and O–H groups in total. The summed E-state index contributed by atoms with van der Waals surface area (Å²) in [5, 5.41) is 15.6. The fourth-order valence-corrected chi connectivity index (χ4v) is 3.72. The highest BCUT2D eigenvalue weighted by molar-refractivity contribution is 5.93. The lowest BCUT2D eigenvalue weighted by molar-refractivity contribution is 0.169. The molecular formula is C20H21N3O4. The van der Waals surface area contributed by atoms with Gasteiger partial charge in [0.25, 0.3) is 0 Å². The first-order chi connectivity index (χ1) is 13.1. The number of aliphatic hydroxyl groups excluding tert-OH is 1. The molecule has 1 heterocycles. The van der Waals surface area contributed by atoms with E-state index in [0.29, 0.717) is 37.4 Å². The van der Waals surface area contributed by atoms with E-state index in [1.165, 1.54) is 4.90 Å². The van der Waals surface area contributed by atoms with Crippen molar-refractivity contribution >= 4 is 23.5 Å². The standard InChI is InChI=1S/C20H21N3O4/c24-13-20(11-14-4-1-2-5-15(14)12-20)22-18(25)21-16-6-3-7-17(10-16)23-8-9-27-19(23)26/h1-7,10,24H,8-9,11-13H2,(H2,21,22,25). The maximum absolute atomic E-state index is 12.5. The maximum Gasteiger partial charge on any atom is 0.414 e. The van der Waals surface area contributed by atoms with Crippen molar-refractivity contribution in [1.82, 2.24) is 5.32 Å². The number of carbonyl (C=O) groups is 2. The van der Waals surface area contributed by atoms with Crippen LogP contribution in [0, 0.1) is 0 Å². The molecule has 1 aliphatic heterocycles. The first-order valence-electron chi connectivity index (χ1n) is 8.90. The molecule has 0 unspecified atom stereocenters. The number of rotatable bonds is 4. The zero-order chi connectivity index (χ0) is 18.9. The molecule has 0 radical (unpaired) electrons. The number of hydrogen-bond donors (Lipinski definition) is 3. The second-order valence-electron chi connectivity index (χ2n) is 6.96. The van der Waals surface area contributed by atoms with Gasteiger partial charge in [0.2, 0.25) is 0 Å². The van der Waals surface area contributed by atoms with Gasteiger partial charge in [-0.05, 0) is 42.2 Å². The Kier molecular flexibility index (Phi) is 4.45. The molecular weight excluding hydrogens is 346 g/mol. The Hall–Kier alpha value is -3.06. The van der Waals surface area contributed by atoms with E-state index < -0.39 is 11.6 Å². The van der Waals surface area contributed by atoms with Crippen molar-refractivity contribution in [2.24, 2.45) is 0 Å². The van der Waals surface area contributed by atoms with Gasteiger partial charge in [-0.25, -0.2) is 9.59 Å². The molecule has 2 aromatic carbocycles. The van der Waals surface area contributed by atoms with Gasteiger partial charge >= 0.3 is 12.1 Å². The molecule has 0 atom stereocenters. The lowest BCUT2D eigenvalue weighted by Crippen LogP contribution is -2.53. The van der Waals surface area contributed by atoms with E-state index in [1.54, 1.807) is 24.3 Å². The third-order valence-electron chi connectivity index (χ3n) is 5.03. The van der Waals surface area contributed by atoms with E-state index in [1.807, 2.05) is 24.3 Å². The fourth-order valence-electron chi connectivity index (χ4n) is 3.72. The number of cyclic esters (lactones) is 1. The SMILES string of the molecule is O=C(Nc1cccc(N2CCOC2=O)c1)NC1(CO)Cc2ccccc2C1. The van der Waals surface area contributed by atoms with Crippen molar-refractivity contribution in [3.8, 4) is 0 Å². The van der Waals surface area contributed by atoms with Crippen LogP contribution in [0.3, 0.4) is 0 Å². The zero-order valence-corrected chi connectivity index (χ0v) is 14.8. The van der Waals surface area contributed by atoms with Crippen molar-refractivity contribution in [1.29, 1.82) is 0 Å². The molecule has 7 heteroatoms. The predicted octanol–water partition coefficient (Wildman–Crippen LogP) is 2.29. The quantitative estimate of drug-likeness (QED) is 0.773. The number of hydrogen-bond acceptors (Lipinski definition) is 4. The summed E-state index contributed by atoms with van der Waals surface area (Å²) in [6.45, 7) is 0.700. The van der Waals surface area contributed by atoms with Crippen molar-refractivity contribution < 1.29 is 19.4 Å². The van der Waals surface area contributed by atoms with Gasteiger partial charge in [0.15, 0.2) is 0 Å². The molecule has 0 spiro atoms. The monoisotopic (exact) mass is 367 g/mol. The first-order valence-corrected chi connectivity index (χ1v) is 8.90. The van der Waals surface area contributed by atoms with Crippen molar-refractivity contribution in [3.63, 3.8) is 0 Å². The van der Waals surface area contributed by atoms with Crippen molar-refractivity contribution in [3.05, 3.63) is 59.7 Å². The largest absolute Gasteiger partial charge is 0.447 e. The number of ether oxygens (including phenoxy) is 1. The minimum absolute atomic E-state index is 0.144. The second kappa shape index (κ2) is 6.92. The van der Waals surface area contributed by atoms with Gasteiger partial charge in [0.1, 0.15) is 6.61 Å². The average molecular weight is 367 g/mol. The smallest absolute Gasteiger partial charge is 0.414 e. The minimum atomic E-state index is -0.704. The molecule has 0 bridgehead atoms. The van der Waals surface area contributed by atoms with Crippen molar-refractivity contribution in [2.75, 3.05) is 30.0 Å². The van der Waals surface area contributed by atoms with Crippen molar-refractivity contribution in [2.45, 2.75) is 18.4 Å². The number of aliphatic hydroxyl groups is 1. The highest BCUT2D eigenvalue weighted by Gasteiger charge is 2.38. The molecule has 4 rings (SSSR count). The van der Waals surface area contributed by atoms with Crippen LogP contribution in [0.15, 0.2) is 48.5 Å². The number of anilines is 2. The third kappa shape index (κ3) is 3.46. The van der Waals surface area contributed by atoms with Gasteiger partial charge in [0, 0.05) is 11.4 Å². The molecule has 2 aromatic rings. The number of carbonyl (C=O) groups excluding carboxylic acids is 2. The molecule has 1 fully saturated rings. The molecule has 3 amide bonds. The summed E-state index contributed by atoms with van der Waals surface area (Å²) in [5.41, 5.74) is 2.81. The van der Waals surface area contributed by atoms with Gasteiger partial charge in [-0.3, -0.25) is 4.90 Å². The Labute approximate surface area is 156 Å². The highest BCUT2D eigenvalue weighted by atomic mass is 16.6. The van der Waals surface area contributed by atoms with Crippen LogP contribution in [0.1, 0.15) is 11.1 Å². The topological polar surface area (TPSA) is 90.9 Å². The van der Waals surface area contributed by atoms with Gasteiger partial charge in [0.05, 0.1) is 18.7 Å². The van der Waals surface area contributed by atoms with Gasteiger partial charge in [-0.15, -0.1) is 0 Å². The highest BCUT2D eigenvalue weighted by Crippen LogP contribution is 2.30. The summed E-state index contributed by atoms with van der Waals surface area (Å²) >= 11 is 0. The fraction of sp³-hybridized carbons (Fsp3) is 0.300. The lowest BCUT2D eigenvalue weighted by Gasteiger charge is -2.28. The number of urea groups is 1. The molecule has 0 aromatic heterocycles.